The van der Waals surface area contributed by atoms with Crippen molar-refractivity contribution in [2.45, 2.75) is 18.9 Å². The number of phenolic OH excluding ortho intramolecular Hbond substituents is 1. The maximum absolute atomic E-state index is 12.0. The van der Waals surface area contributed by atoms with Crippen molar-refractivity contribution < 1.29 is 14.6 Å². The van der Waals surface area contributed by atoms with Crippen LogP contribution in [0.1, 0.15) is 12.8 Å². The Labute approximate surface area is 118 Å². The molecule has 2 N–H and O–H groups in total. The number of anilines is 1. The standard InChI is InChI=1S/C15H20N2O3/c18-13-6-2-1-5-12(13)17-9-14(20-10-15(17)19)11-4-3-7-16-8-11/h1-2,5-6,11,14,16,18H,3-4,7-10H2. The van der Waals surface area contributed by atoms with Gasteiger partial charge in [-0.3, -0.25) is 4.79 Å². The van der Waals surface area contributed by atoms with E-state index < -0.39 is 0 Å². The Bertz CT molecular complexity index is 486. The second-order valence-corrected chi connectivity index (χ2v) is 5.45. The SMILES string of the molecule is O=C1COC(C2CCCNC2)CN1c1ccccc1O. The predicted molar refractivity (Wildman–Crippen MR) is 75.8 cm³/mol. The fraction of sp³-hybridized carbons (Fsp3) is 0.533. The summed E-state index contributed by atoms with van der Waals surface area (Å²) in [5.74, 6) is 0.486. The van der Waals surface area contributed by atoms with Crippen molar-refractivity contribution in [1.82, 2.24) is 5.32 Å². The second-order valence-electron chi connectivity index (χ2n) is 5.45. The number of nitrogens with one attached hydrogen (secondary N) is 1. The Balaban J connectivity index is 1.76. The maximum Gasteiger partial charge on any atom is 0.253 e. The number of carbonyl (C=O) groups is 1. The van der Waals surface area contributed by atoms with Gasteiger partial charge in [-0.05, 0) is 37.4 Å². The topological polar surface area (TPSA) is 61.8 Å². The molecule has 0 radical (unpaired) electrons. The first-order valence-electron chi connectivity index (χ1n) is 7.16. The molecule has 2 unspecified atom stereocenters. The highest BCUT2D eigenvalue weighted by Crippen LogP contribution is 2.30. The van der Waals surface area contributed by atoms with Crippen LogP contribution in [0.2, 0.25) is 0 Å². The first-order valence-corrected chi connectivity index (χ1v) is 7.16. The van der Waals surface area contributed by atoms with E-state index in [9.17, 15) is 9.90 Å². The molecule has 5 heteroatoms. The lowest BCUT2D eigenvalue weighted by atomic mass is 9.92. The van der Waals surface area contributed by atoms with E-state index in [0.29, 0.717) is 18.2 Å². The summed E-state index contributed by atoms with van der Waals surface area (Å²) < 4.78 is 5.71. The number of rotatable bonds is 2. The quantitative estimate of drug-likeness (QED) is 0.850. The van der Waals surface area contributed by atoms with E-state index in [-0.39, 0.29) is 24.4 Å². The number of morpholine rings is 1. The number of amides is 1. The van der Waals surface area contributed by atoms with Crippen LogP contribution in [-0.4, -0.2) is 43.4 Å². The molecule has 1 amide bonds. The minimum absolute atomic E-state index is 0.0418. The van der Waals surface area contributed by atoms with Gasteiger partial charge in [0.2, 0.25) is 0 Å². The molecule has 5 nitrogen and oxygen atoms in total. The van der Waals surface area contributed by atoms with Crippen LogP contribution < -0.4 is 10.2 Å². The molecular weight excluding hydrogens is 256 g/mol. The molecular formula is C15H20N2O3. The van der Waals surface area contributed by atoms with Crippen molar-refractivity contribution in [1.29, 1.82) is 0 Å². The minimum Gasteiger partial charge on any atom is -0.506 e. The number of benzene rings is 1. The molecule has 2 heterocycles. The van der Waals surface area contributed by atoms with Gasteiger partial charge in [0.05, 0.1) is 18.3 Å². The summed E-state index contributed by atoms with van der Waals surface area (Å²) in [5.41, 5.74) is 0.578. The molecule has 2 saturated heterocycles. The van der Waals surface area contributed by atoms with Crippen LogP contribution >= 0.6 is 0 Å². The number of phenols is 1. The van der Waals surface area contributed by atoms with Crippen LogP contribution in [0.5, 0.6) is 5.75 Å². The summed E-state index contributed by atoms with van der Waals surface area (Å²) >= 11 is 0. The van der Waals surface area contributed by atoms with Crippen molar-refractivity contribution in [2.75, 3.05) is 31.1 Å². The number of aromatic hydroxyl groups is 1. The van der Waals surface area contributed by atoms with Crippen LogP contribution in [0.4, 0.5) is 5.69 Å². The molecule has 0 aliphatic carbocycles. The van der Waals surface area contributed by atoms with Crippen molar-refractivity contribution in [3.8, 4) is 5.75 Å². The molecule has 2 fully saturated rings. The third kappa shape index (κ3) is 2.64. The molecule has 1 aromatic rings. The molecule has 1 aromatic carbocycles. The third-order valence-electron chi connectivity index (χ3n) is 4.12. The highest BCUT2D eigenvalue weighted by Gasteiger charge is 2.34. The molecule has 2 atom stereocenters. The summed E-state index contributed by atoms with van der Waals surface area (Å²) in [6, 6.07) is 6.96. The summed E-state index contributed by atoms with van der Waals surface area (Å²) in [7, 11) is 0. The molecule has 3 rings (SSSR count). The Hall–Kier alpha value is -1.59. The van der Waals surface area contributed by atoms with E-state index in [1.807, 2.05) is 6.07 Å². The zero-order valence-corrected chi connectivity index (χ0v) is 11.4. The molecule has 0 aromatic heterocycles. The third-order valence-corrected chi connectivity index (χ3v) is 4.12. The zero-order valence-electron chi connectivity index (χ0n) is 11.4. The van der Waals surface area contributed by atoms with E-state index in [4.69, 9.17) is 4.74 Å². The summed E-state index contributed by atoms with van der Waals surface area (Å²) in [6.45, 7) is 2.61. The van der Waals surface area contributed by atoms with Crippen molar-refractivity contribution in [3.05, 3.63) is 24.3 Å². The summed E-state index contributed by atoms with van der Waals surface area (Å²) in [6.07, 6.45) is 2.32. The van der Waals surface area contributed by atoms with E-state index in [2.05, 4.69) is 5.32 Å². The van der Waals surface area contributed by atoms with Gasteiger partial charge in [-0.25, -0.2) is 0 Å². The largest absolute Gasteiger partial charge is 0.506 e. The minimum atomic E-state index is -0.0912. The van der Waals surface area contributed by atoms with Crippen molar-refractivity contribution >= 4 is 11.6 Å². The normalized spacial score (nSPS) is 27.6. The zero-order chi connectivity index (χ0) is 13.9. The molecule has 20 heavy (non-hydrogen) atoms. The lowest BCUT2D eigenvalue weighted by Gasteiger charge is -2.38. The number of ether oxygens (including phenoxy) is 1. The van der Waals surface area contributed by atoms with E-state index >= 15 is 0 Å². The Morgan fingerprint density at radius 2 is 2.20 bits per heavy atom. The fourth-order valence-corrected chi connectivity index (χ4v) is 3.00. The first kappa shape index (κ1) is 13.4. The lowest BCUT2D eigenvalue weighted by molar-refractivity contribution is -0.131. The van der Waals surface area contributed by atoms with Gasteiger partial charge in [0.15, 0.2) is 0 Å². The molecule has 0 bridgehead atoms. The average Bonchev–Trinajstić information content (AvgIpc) is 2.49. The first-order chi connectivity index (χ1) is 9.75. The van der Waals surface area contributed by atoms with Gasteiger partial charge >= 0.3 is 0 Å². The Morgan fingerprint density at radius 3 is 2.95 bits per heavy atom. The average molecular weight is 276 g/mol. The van der Waals surface area contributed by atoms with Crippen LogP contribution in [0.3, 0.4) is 0 Å². The van der Waals surface area contributed by atoms with E-state index in [1.54, 1.807) is 23.1 Å². The summed E-state index contributed by atoms with van der Waals surface area (Å²) in [4.78, 5) is 13.7. The molecule has 2 aliphatic rings. The number of para-hydroxylation sites is 2. The van der Waals surface area contributed by atoms with E-state index in [1.165, 1.54) is 0 Å². The van der Waals surface area contributed by atoms with Gasteiger partial charge in [-0.1, -0.05) is 12.1 Å². The van der Waals surface area contributed by atoms with Gasteiger partial charge in [-0.15, -0.1) is 0 Å². The number of hydrogen-bond donors (Lipinski definition) is 2. The highest BCUT2D eigenvalue weighted by molar-refractivity contribution is 5.96. The fourth-order valence-electron chi connectivity index (χ4n) is 3.00. The number of piperidine rings is 1. The number of carbonyl (C=O) groups excluding carboxylic acids is 1. The monoisotopic (exact) mass is 276 g/mol. The van der Waals surface area contributed by atoms with Crippen LogP contribution in [0.25, 0.3) is 0 Å². The molecule has 0 spiro atoms. The Kier molecular flexibility index (Phi) is 3.89. The van der Waals surface area contributed by atoms with E-state index in [0.717, 1.165) is 25.9 Å². The van der Waals surface area contributed by atoms with Crippen LogP contribution in [-0.2, 0) is 9.53 Å². The van der Waals surface area contributed by atoms with Crippen LogP contribution in [0.15, 0.2) is 24.3 Å². The van der Waals surface area contributed by atoms with Gasteiger partial charge in [0.1, 0.15) is 12.4 Å². The smallest absolute Gasteiger partial charge is 0.253 e. The second kappa shape index (κ2) is 5.81. The summed E-state index contributed by atoms with van der Waals surface area (Å²) in [5, 5.41) is 13.3. The molecule has 2 aliphatic heterocycles. The van der Waals surface area contributed by atoms with Crippen LogP contribution in [0, 0.1) is 5.92 Å². The van der Waals surface area contributed by atoms with Crippen molar-refractivity contribution in [2.24, 2.45) is 5.92 Å². The highest BCUT2D eigenvalue weighted by atomic mass is 16.5. The van der Waals surface area contributed by atoms with Gasteiger partial charge in [0.25, 0.3) is 5.91 Å². The number of nitrogens with zero attached hydrogens (tertiary/aromatic N) is 1. The van der Waals surface area contributed by atoms with Gasteiger partial charge in [0, 0.05) is 6.54 Å². The number of hydrogen-bond acceptors (Lipinski definition) is 4. The van der Waals surface area contributed by atoms with Gasteiger partial charge < -0.3 is 20.1 Å². The molecule has 0 saturated carbocycles. The molecule has 108 valence electrons. The van der Waals surface area contributed by atoms with Gasteiger partial charge in [-0.2, -0.15) is 0 Å². The maximum atomic E-state index is 12.0. The Morgan fingerprint density at radius 1 is 1.35 bits per heavy atom. The van der Waals surface area contributed by atoms with Crippen molar-refractivity contribution in [3.63, 3.8) is 0 Å². The predicted octanol–water partition coefficient (Wildman–Crippen LogP) is 1.12. The lowest BCUT2D eigenvalue weighted by Crippen LogP contribution is -2.52.